The Balaban J connectivity index is 1.72. The van der Waals surface area contributed by atoms with E-state index in [2.05, 4.69) is 9.71 Å². The van der Waals surface area contributed by atoms with E-state index in [1.54, 1.807) is 17.0 Å². The molecule has 2 saturated heterocycles. The maximum Gasteiger partial charge on any atom is 0.284 e. The molecular formula is C24H36N4O4S. The highest BCUT2D eigenvalue weighted by Crippen LogP contribution is 2.25. The average Bonchev–Trinajstić information content (AvgIpc) is 2.96. The van der Waals surface area contributed by atoms with Crippen molar-refractivity contribution in [1.82, 2.24) is 9.80 Å². The van der Waals surface area contributed by atoms with E-state index >= 15 is 0 Å². The summed E-state index contributed by atoms with van der Waals surface area (Å²) < 4.78 is 30.0. The van der Waals surface area contributed by atoms with E-state index in [4.69, 9.17) is 0 Å². The number of nitrogens with one attached hydrogen (secondary N) is 1. The van der Waals surface area contributed by atoms with Crippen LogP contribution in [0, 0.1) is 11.3 Å². The van der Waals surface area contributed by atoms with Crippen LogP contribution < -0.4 is 5.32 Å². The summed E-state index contributed by atoms with van der Waals surface area (Å²) in [6, 6.07) is 6.23. The number of amides is 2. The molecule has 0 aromatic heterocycles. The summed E-state index contributed by atoms with van der Waals surface area (Å²) >= 11 is 0. The second-order valence-corrected chi connectivity index (χ2v) is 11.7. The maximum atomic E-state index is 12.9. The van der Waals surface area contributed by atoms with Crippen LogP contribution in [0.2, 0.25) is 0 Å². The van der Waals surface area contributed by atoms with Crippen molar-refractivity contribution in [1.29, 1.82) is 0 Å². The average molecular weight is 477 g/mol. The van der Waals surface area contributed by atoms with E-state index < -0.39 is 15.4 Å². The lowest BCUT2D eigenvalue weighted by Crippen LogP contribution is -2.47. The van der Waals surface area contributed by atoms with E-state index in [1.165, 1.54) is 12.1 Å². The quantitative estimate of drug-likeness (QED) is 0.717. The summed E-state index contributed by atoms with van der Waals surface area (Å²) in [5.74, 6) is 0.0828. The van der Waals surface area contributed by atoms with Gasteiger partial charge in [0.2, 0.25) is 11.8 Å². The summed E-state index contributed by atoms with van der Waals surface area (Å²) in [5.41, 5.74) is -0.0803. The fourth-order valence-electron chi connectivity index (χ4n) is 4.26. The molecule has 3 rings (SSSR count). The predicted molar refractivity (Wildman–Crippen MR) is 130 cm³/mol. The molecule has 0 radical (unpaired) electrons. The van der Waals surface area contributed by atoms with Gasteiger partial charge in [-0.3, -0.25) is 9.59 Å². The van der Waals surface area contributed by atoms with Crippen LogP contribution in [0.1, 0.15) is 59.3 Å². The highest BCUT2D eigenvalue weighted by Gasteiger charge is 2.33. The molecule has 2 aliphatic heterocycles. The Labute approximate surface area is 197 Å². The molecule has 1 aromatic rings. The number of carbonyl (C=O) groups is 2. The van der Waals surface area contributed by atoms with Gasteiger partial charge in [-0.05, 0) is 43.9 Å². The van der Waals surface area contributed by atoms with Crippen molar-refractivity contribution in [2.45, 2.75) is 64.2 Å². The zero-order chi connectivity index (χ0) is 24.2. The largest absolute Gasteiger partial charge is 0.362 e. The first-order valence-electron chi connectivity index (χ1n) is 11.7. The van der Waals surface area contributed by atoms with Crippen LogP contribution in [0.15, 0.2) is 33.6 Å². The van der Waals surface area contributed by atoms with Gasteiger partial charge < -0.3 is 15.1 Å². The highest BCUT2D eigenvalue weighted by atomic mass is 32.2. The Morgan fingerprint density at radius 3 is 2.58 bits per heavy atom. The van der Waals surface area contributed by atoms with Crippen LogP contribution in [-0.2, 0) is 19.6 Å². The molecule has 1 unspecified atom stereocenters. The van der Waals surface area contributed by atoms with Gasteiger partial charge in [-0.25, -0.2) is 0 Å². The number of benzene rings is 1. The second kappa shape index (κ2) is 10.2. The van der Waals surface area contributed by atoms with Crippen molar-refractivity contribution in [2.24, 2.45) is 15.7 Å². The van der Waals surface area contributed by atoms with Gasteiger partial charge >= 0.3 is 0 Å². The van der Waals surface area contributed by atoms with Crippen molar-refractivity contribution < 1.29 is 18.0 Å². The zero-order valence-electron chi connectivity index (χ0n) is 20.1. The van der Waals surface area contributed by atoms with Crippen LogP contribution in [0.5, 0.6) is 0 Å². The molecule has 8 nitrogen and oxygen atoms in total. The van der Waals surface area contributed by atoms with Gasteiger partial charge in [-0.2, -0.15) is 8.42 Å². The molecule has 0 saturated carbocycles. The van der Waals surface area contributed by atoms with E-state index in [0.29, 0.717) is 37.5 Å². The lowest BCUT2D eigenvalue weighted by Gasteiger charge is -2.35. The van der Waals surface area contributed by atoms with Crippen molar-refractivity contribution in [3.05, 3.63) is 24.3 Å². The molecule has 33 heavy (non-hydrogen) atoms. The standard InChI is InChI=1S/C24H36N4O4S/c1-24(2,3)23(30)28-15-9-10-18(17-28)22(29)25-19-11-8-12-20(16-19)33(31,32)26-21-13-6-5-7-14-27(21)4/h8,11-12,16,18H,5-7,9-10,13-15,17H2,1-4H3,(H,25,29)/b26-21+. The lowest BCUT2D eigenvalue weighted by atomic mass is 9.91. The Kier molecular flexibility index (Phi) is 7.82. The van der Waals surface area contributed by atoms with Crippen LogP contribution >= 0.6 is 0 Å². The van der Waals surface area contributed by atoms with Gasteiger partial charge in [0.25, 0.3) is 10.0 Å². The van der Waals surface area contributed by atoms with Crippen molar-refractivity contribution in [3.8, 4) is 0 Å². The van der Waals surface area contributed by atoms with E-state index in [1.807, 2.05) is 32.7 Å². The first-order chi connectivity index (χ1) is 15.5. The van der Waals surface area contributed by atoms with Gasteiger partial charge in [0.15, 0.2) is 0 Å². The number of sulfonamides is 1. The third-order valence-corrected chi connectivity index (χ3v) is 7.48. The molecule has 1 N–H and O–H groups in total. The number of piperidine rings is 1. The minimum absolute atomic E-state index is 0.0377. The summed E-state index contributed by atoms with van der Waals surface area (Å²) in [7, 11) is -2.02. The lowest BCUT2D eigenvalue weighted by molar-refractivity contribution is -0.142. The number of likely N-dealkylation sites (tertiary alicyclic amines) is 2. The molecular weight excluding hydrogens is 440 g/mol. The topological polar surface area (TPSA) is 99.2 Å². The smallest absolute Gasteiger partial charge is 0.284 e. The molecule has 2 aliphatic rings. The second-order valence-electron chi connectivity index (χ2n) is 10.1. The number of nitrogens with zero attached hydrogens (tertiary/aromatic N) is 3. The summed E-state index contributed by atoms with van der Waals surface area (Å²) in [6.07, 6.45) is 5.10. The van der Waals surface area contributed by atoms with Gasteiger partial charge in [-0.15, -0.1) is 4.40 Å². The van der Waals surface area contributed by atoms with Crippen LogP contribution in [0.4, 0.5) is 5.69 Å². The molecule has 182 valence electrons. The first-order valence-corrected chi connectivity index (χ1v) is 13.2. The zero-order valence-corrected chi connectivity index (χ0v) is 21.0. The van der Waals surface area contributed by atoms with Crippen LogP contribution in [-0.4, -0.2) is 62.5 Å². The molecule has 1 aromatic carbocycles. The Morgan fingerprint density at radius 1 is 1.09 bits per heavy atom. The summed E-state index contributed by atoms with van der Waals surface area (Å²) in [5, 5.41) is 2.84. The third-order valence-electron chi connectivity index (χ3n) is 6.18. The van der Waals surface area contributed by atoms with Crippen LogP contribution in [0.3, 0.4) is 0 Å². The Morgan fingerprint density at radius 2 is 1.85 bits per heavy atom. The molecule has 2 heterocycles. The predicted octanol–water partition coefficient (Wildman–Crippen LogP) is 3.50. The number of anilines is 1. The molecule has 2 fully saturated rings. The fourth-order valence-corrected chi connectivity index (χ4v) is 5.40. The third kappa shape index (κ3) is 6.56. The van der Waals surface area contributed by atoms with Crippen LogP contribution in [0.25, 0.3) is 0 Å². The minimum Gasteiger partial charge on any atom is -0.362 e. The molecule has 0 spiro atoms. The monoisotopic (exact) mass is 476 g/mol. The summed E-state index contributed by atoms with van der Waals surface area (Å²) in [6.45, 7) is 7.45. The number of rotatable bonds is 4. The van der Waals surface area contributed by atoms with Gasteiger partial charge in [0.1, 0.15) is 5.84 Å². The van der Waals surface area contributed by atoms with E-state index in [0.717, 1.165) is 32.2 Å². The molecule has 0 bridgehead atoms. The number of amidine groups is 1. The van der Waals surface area contributed by atoms with Crippen molar-refractivity contribution >= 4 is 33.4 Å². The molecule has 9 heteroatoms. The maximum absolute atomic E-state index is 12.9. The van der Waals surface area contributed by atoms with Crippen molar-refractivity contribution in [3.63, 3.8) is 0 Å². The first kappa shape index (κ1) is 25.2. The minimum atomic E-state index is -3.89. The Hall–Kier alpha value is -2.42. The molecule has 0 aliphatic carbocycles. The Bertz CT molecular complexity index is 1010. The number of carbonyl (C=O) groups excluding carboxylic acids is 2. The van der Waals surface area contributed by atoms with Gasteiger partial charge in [-0.1, -0.05) is 33.3 Å². The summed E-state index contributed by atoms with van der Waals surface area (Å²) in [4.78, 5) is 29.3. The van der Waals surface area contributed by atoms with Gasteiger partial charge in [0, 0.05) is 44.2 Å². The van der Waals surface area contributed by atoms with Crippen molar-refractivity contribution in [2.75, 3.05) is 32.0 Å². The normalized spacial score (nSPS) is 21.6. The highest BCUT2D eigenvalue weighted by molar-refractivity contribution is 7.90. The van der Waals surface area contributed by atoms with E-state index in [-0.39, 0.29) is 22.6 Å². The molecule has 2 amide bonds. The molecule has 1 atom stereocenters. The van der Waals surface area contributed by atoms with E-state index in [9.17, 15) is 18.0 Å². The fraction of sp³-hybridized carbons (Fsp3) is 0.625. The van der Waals surface area contributed by atoms with Gasteiger partial charge in [0.05, 0.1) is 10.8 Å². The SMILES string of the molecule is CN1CCCCC/C1=N\S(=O)(=O)c1cccc(NC(=O)C2CCCN(C(=O)C(C)(C)C)C2)c1. The number of hydrogen-bond acceptors (Lipinski definition) is 4. The number of hydrogen-bond donors (Lipinski definition) is 1.